The maximum atomic E-state index is 12.2. The lowest BCUT2D eigenvalue weighted by atomic mass is 10.00. The number of carbonyl (C=O) groups excluding carboxylic acids is 1. The van der Waals surface area contributed by atoms with Gasteiger partial charge in [0.15, 0.2) is 0 Å². The van der Waals surface area contributed by atoms with Crippen LogP contribution in [0, 0.1) is 16.0 Å². The van der Waals surface area contributed by atoms with Crippen molar-refractivity contribution in [3.63, 3.8) is 0 Å². The molecule has 0 saturated carbocycles. The van der Waals surface area contributed by atoms with Gasteiger partial charge in [-0.25, -0.2) is 0 Å². The van der Waals surface area contributed by atoms with E-state index in [1.165, 1.54) is 0 Å². The number of nitro benzene ring substituents is 1. The number of nitrogens with one attached hydrogen (secondary N) is 1. The molecule has 2 atom stereocenters. The normalized spacial score (nSPS) is 13.5. The number of anilines is 1. The Morgan fingerprint density at radius 2 is 2.10 bits per heavy atom. The average Bonchev–Trinajstić information content (AvgIpc) is 2.40. The maximum absolute atomic E-state index is 12.2. The number of amides is 1. The molecular weight excluding hydrogens is 294 g/mol. The van der Waals surface area contributed by atoms with Gasteiger partial charge in [-0.3, -0.25) is 14.9 Å². The second-order valence-electron chi connectivity index (χ2n) is 5.27. The third-order valence-electron chi connectivity index (χ3n) is 3.40. The molecule has 7 heteroatoms. The minimum atomic E-state index is -0.606. The highest BCUT2D eigenvalue weighted by molar-refractivity contribution is 6.34. The molecule has 0 fully saturated rings. The SMILES string of the molecule is CCC(C)CC(C)NC(=O)c1cc([N+](=O)[O-])cc(Cl)c1N. The van der Waals surface area contributed by atoms with Gasteiger partial charge in [-0.2, -0.15) is 0 Å². The second-order valence-corrected chi connectivity index (χ2v) is 5.68. The lowest BCUT2D eigenvalue weighted by molar-refractivity contribution is -0.384. The van der Waals surface area contributed by atoms with Crippen molar-refractivity contribution < 1.29 is 9.72 Å². The molecule has 0 aliphatic carbocycles. The van der Waals surface area contributed by atoms with Crippen molar-refractivity contribution in [1.82, 2.24) is 5.32 Å². The number of rotatable bonds is 6. The first-order valence-electron chi connectivity index (χ1n) is 6.80. The van der Waals surface area contributed by atoms with E-state index >= 15 is 0 Å². The molecule has 0 bridgehead atoms. The average molecular weight is 314 g/mol. The molecule has 0 heterocycles. The lowest BCUT2D eigenvalue weighted by Gasteiger charge is -2.18. The summed E-state index contributed by atoms with van der Waals surface area (Å²) in [4.78, 5) is 22.4. The van der Waals surface area contributed by atoms with E-state index in [1.807, 2.05) is 6.92 Å². The highest BCUT2D eigenvalue weighted by atomic mass is 35.5. The van der Waals surface area contributed by atoms with Crippen molar-refractivity contribution in [3.05, 3.63) is 32.8 Å². The summed E-state index contributed by atoms with van der Waals surface area (Å²) in [6.45, 7) is 6.07. The zero-order chi connectivity index (χ0) is 16.2. The number of nitrogens with zero attached hydrogens (tertiary/aromatic N) is 1. The first-order valence-corrected chi connectivity index (χ1v) is 7.18. The van der Waals surface area contributed by atoms with Crippen LogP contribution in [0.2, 0.25) is 5.02 Å². The molecule has 21 heavy (non-hydrogen) atoms. The first kappa shape index (κ1) is 17.2. The number of nitrogens with two attached hydrogens (primary N) is 1. The monoisotopic (exact) mass is 313 g/mol. The smallest absolute Gasteiger partial charge is 0.271 e. The predicted octanol–water partition coefficient (Wildman–Crippen LogP) is 3.38. The summed E-state index contributed by atoms with van der Waals surface area (Å²) >= 11 is 5.84. The highest BCUT2D eigenvalue weighted by Gasteiger charge is 2.20. The molecule has 0 saturated heterocycles. The van der Waals surface area contributed by atoms with Gasteiger partial charge in [0.1, 0.15) is 0 Å². The largest absolute Gasteiger partial charge is 0.397 e. The molecule has 1 aromatic carbocycles. The Kier molecular flexibility index (Phi) is 5.96. The fourth-order valence-corrected chi connectivity index (χ4v) is 2.24. The third-order valence-corrected chi connectivity index (χ3v) is 3.71. The van der Waals surface area contributed by atoms with Gasteiger partial charge in [0.2, 0.25) is 0 Å². The molecule has 0 radical (unpaired) electrons. The Labute approximate surface area is 128 Å². The van der Waals surface area contributed by atoms with Crippen molar-refractivity contribution in [3.8, 4) is 0 Å². The van der Waals surface area contributed by atoms with Crippen LogP contribution >= 0.6 is 11.6 Å². The molecule has 1 aromatic rings. The number of nitro groups is 1. The lowest BCUT2D eigenvalue weighted by Crippen LogP contribution is -2.34. The Morgan fingerprint density at radius 3 is 2.62 bits per heavy atom. The van der Waals surface area contributed by atoms with E-state index in [0.29, 0.717) is 5.92 Å². The van der Waals surface area contributed by atoms with Crippen LogP contribution in [-0.4, -0.2) is 16.9 Å². The van der Waals surface area contributed by atoms with Crippen molar-refractivity contribution in [2.24, 2.45) is 5.92 Å². The first-order chi connectivity index (χ1) is 9.76. The number of carbonyl (C=O) groups is 1. The van der Waals surface area contributed by atoms with Crippen molar-refractivity contribution >= 4 is 28.9 Å². The topological polar surface area (TPSA) is 98.3 Å². The molecule has 0 spiro atoms. The van der Waals surface area contributed by atoms with Gasteiger partial charge in [0.25, 0.3) is 11.6 Å². The molecule has 0 aliphatic heterocycles. The van der Waals surface area contributed by atoms with Gasteiger partial charge in [-0.05, 0) is 19.3 Å². The summed E-state index contributed by atoms with van der Waals surface area (Å²) in [6.07, 6.45) is 1.84. The van der Waals surface area contributed by atoms with E-state index in [0.717, 1.165) is 25.0 Å². The van der Waals surface area contributed by atoms with Gasteiger partial charge in [0.05, 0.1) is 21.2 Å². The fraction of sp³-hybridized carbons (Fsp3) is 0.500. The van der Waals surface area contributed by atoms with Crippen LogP contribution in [0.15, 0.2) is 12.1 Å². The summed E-state index contributed by atoms with van der Waals surface area (Å²) in [7, 11) is 0. The number of nitrogen functional groups attached to an aromatic ring is 1. The molecule has 116 valence electrons. The van der Waals surface area contributed by atoms with Gasteiger partial charge in [-0.1, -0.05) is 31.9 Å². The number of hydrogen-bond acceptors (Lipinski definition) is 4. The van der Waals surface area contributed by atoms with E-state index in [1.54, 1.807) is 0 Å². The van der Waals surface area contributed by atoms with Crippen LogP contribution in [0.5, 0.6) is 0 Å². The van der Waals surface area contributed by atoms with Gasteiger partial charge in [-0.15, -0.1) is 0 Å². The third kappa shape index (κ3) is 4.60. The van der Waals surface area contributed by atoms with Crippen LogP contribution in [-0.2, 0) is 0 Å². The molecule has 1 amide bonds. The summed E-state index contributed by atoms with van der Waals surface area (Å²) in [5.74, 6) is 0.0280. The van der Waals surface area contributed by atoms with Crippen LogP contribution in [0.25, 0.3) is 0 Å². The van der Waals surface area contributed by atoms with Crippen LogP contribution in [0.4, 0.5) is 11.4 Å². The molecule has 1 rings (SSSR count). The molecule has 0 aliphatic rings. The second kappa shape index (κ2) is 7.26. The van der Waals surface area contributed by atoms with Gasteiger partial charge < -0.3 is 11.1 Å². The van der Waals surface area contributed by atoms with Crippen molar-refractivity contribution in [2.75, 3.05) is 5.73 Å². The summed E-state index contributed by atoms with van der Waals surface area (Å²) < 4.78 is 0. The van der Waals surface area contributed by atoms with Crippen LogP contribution < -0.4 is 11.1 Å². The molecule has 2 unspecified atom stereocenters. The number of hydrogen-bond donors (Lipinski definition) is 2. The highest BCUT2D eigenvalue weighted by Crippen LogP contribution is 2.28. The maximum Gasteiger partial charge on any atom is 0.271 e. The summed E-state index contributed by atoms with van der Waals surface area (Å²) in [5, 5.41) is 13.6. The number of non-ortho nitro benzene ring substituents is 1. The molecule has 3 N–H and O–H groups in total. The number of benzene rings is 1. The molecular formula is C14H20ClN3O3. The van der Waals surface area contributed by atoms with E-state index in [-0.39, 0.29) is 28.0 Å². The summed E-state index contributed by atoms with van der Waals surface area (Å²) in [5.41, 5.74) is 5.57. The van der Waals surface area contributed by atoms with E-state index in [2.05, 4.69) is 19.2 Å². The van der Waals surface area contributed by atoms with E-state index in [9.17, 15) is 14.9 Å². The minimum absolute atomic E-state index is 0.00364. The molecule has 0 aromatic heterocycles. The minimum Gasteiger partial charge on any atom is -0.397 e. The zero-order valence-corrected chi connectivity index (χ0v) is 13.1. The predicted molar refractivity (Wildman–Crippen MR) is 83.5 cm³/mol. The fourth-order valence-electron chi connectivity index (χ4n) is 2.03. The van der Waals surface area contributed by atoms with Crippen molar-refractivity contribution in [2.45, 2.75) is 39.7 Å². The Hall–Kier alpha value is -1.82. The van der Waals surface area contributed by atoms with E-state index < -0.39 is 10.8 Å². The zero-order valence-electron chi connectivity index (χ0n) is 12.4. The Balaban J connectivity index is 2.94. The van der Waals surface area contributed by atoms with E-state index in [4.69, 9.17) is 17.3 Å². The standard InChI is InChI=1S/C14H20ClN3O3/c1-4-8(2)5-9(3)17-14(19)11-6-10(18(20)21)7-12(15)13(11)16/h6-9H,4-5,16H2,1-3H3,(H,17,19). The Morgan fingerprint density at radius 1 is 1.48 bits per heavy atom. The Bertz CT molecular complexity index is 549. The van der Waals surface area contributed by atoms with Gasteiger partial charge >= 0.3 is 0 Å². The van der Waals surface area contributed by atoms with Crippen LogP contribution in [0.1, 0.15) is 44.0 Å². The molecule has 6 nitrogen and oxygen atoms in total. The van der Waals surface area contributed by atoms with Crippen molar-refractivity contribution in [1.29, 1.82) is 0 Å². The number of halogens is 1. The summed E-state index contributed by atoms with van der Waals surface area (Å²) in [6, 6.07) is 2.23. The van der Waals surface area contributed by atoms with Gasteiger partial charge in [0, 0.05) is 18.2 Å². The quantitative estimate of drug-likeness (QED) is 0.478. The van der Waals surface area contributed by atoms with Crippen LogP contribution in [0.3, 0.4) is 0 Å².